The highest BCUT2D eigenvalue weighted by Gasteiger charge is 2.07. The predicted molar refractivity (Wildman–Crippen MR) is 64.3 cm³/mol. The van der Waals surface area contributed by atoms with E-state index in [1.807, 2.05) is 6.07 Å². The van der Waals surface area contributed by atoms with Gasteiger partial charge in [0.2, 0.25) is 0 Å². The first-order valence-corrected chi connectivity index (χ1v) is 6.09. The first-order valence-electron chi connectivity index (χ1n) is 5.02. The number of hydrogen-bond acceptors (Lipinski definition) is 0. The van der Waals surface area contributed by atoms with Crippen LogP contribution in [0, 0.1) is 5.92 Å². The first kappa shape index (κ1) is 11.9. The van der Waals surface area contributed by atoms with Crippen LogP contribution in [0.3, 0.4) is 0 Å². The van der Waals surface area contributed by atoms with Crippen molar-refractivity contribution >= 4 is 23.2 Å². The van der Waals surface area contributed by atoms with Crippen molar-refractivity contribution in [3.8, 4) is 0 Å². The molecule has 1 aromatic rings. The van der Waals surface area contributed by atoms with Gasteiger partial charge in [0.1, 0.15) is 0 Å². The summed E-state index contributed by atoms with van der Waals surface area (Å²) in [6, 6.07) is 10.5. The SMILES string of the molecule is ClCCC(CCCl)Cc1ccccc1. The summed E-state index contributed by atoms with van der Waals surface area (Å²) in [7, 11) is 0. The van der Waals surface area contributed by atoms with Crippen LogP contribution in [0.4, 0.5) is 0 Å². The summed E-state index contributed by atoms with van der Waals surface area (Å²) in [6.45, 7) is 0. The quantitative estimate of drug-likeness (QED) is 0.646. The molecular formula is C12H16Cl2. The second-order valence-corrected chi connectivity index (χ2v) is 4.27. The first-order chi connectivity index (χ1) is 6.86. The Morgan fingerprint density at radius 1 is 0.929 bits per heavy atom. The van der Waals surface area contributed by atoms with Gasteiger partial charge in [-0.25, -0.2) is 0 Å². The van der Waals surface area contributed by atoms with Crippen molar-refractivity contribution in [1.82, 2.24) is 0 Å². The molecule has 0 aliphatic rings. The van der Waals surface area contributed by atoms with E-state index in [1.165, 1.54) is 5.56 Å². The van der Waals surface area contributed by atoms with E-state index in [4.69, 9.17) is 23.2 Å². The third-order valence-corrected chi connectivity index (χ3v) is 2.84. The van der Waals surface area contributed by atoms with E-state index >= 15 is 0 Å². The number of hydrogen-bond donors (Lipinski definition) is 0. The maximum atomic E-state index is 5.76. The van der Waals surface area contributed by atoms with Crippen LogP contribution >= 0.6 is 23.2 Å². The number of alkyl halides is 2. The lowest BCUT2D eigenvalue weighted by atomic mass is 9.95. The van der Waals surface area contributed by atoms with Crippen molar-refractivity contribution in [1.29, 1.82) is 0 Å². The minimum atomic E-state index is 0.632. The summed E-state index contributed by atoms with van der Waals surface area (Å²) in [5, 5.41) is 0. The molecule has 14 heavy (non-hydrogen) atoms. The van der Waals surface area contributed by atoms with E-state index < -0.39 is 0 Å². The molecule has 0 aromatic heterocycles. The van der Waals surface area contributed by atoms with Crippen LogP contribution in [-0.2, 0) is 6.42 Å². The van der Waals surface area contributed by atoms with Crippen LogP contribution in [-0.4, -0.2) is 11.8 Å². The Hall–Kier alpha value is -0.200. The molecule has 0 radical (unpaired) electrons. The standard InChI is InChI=1S/C12H16Cl2/c13-8-6-12(7-9-14)10-11-4-2-1-3-5-11/h1-5,12H,6-10H2. The topological polar surface area (TPSA) is 0 Å². The number of benzene rings is 1. The average molecular weight is 231 g/mol. The van der Waals surface area contributed by atoms with Gasteiger partial charge in [0, 0.05) is 11.8 Å². The summed E-state index contributed by atoms with van der Waals surface area (Å²) >= 11 is 11.5. The fraction of sp³-hybridized carbons (Fsp3) is 0.500. The van der Waals surface area contributed by atoms with E-state index in [2.05, 4.69) is 24.3 Å². The minimum absolute atomic E-state index is 0.632. The third-order valence-electron chi connectivity index (χ3n) is 2.40. The van der Waals surface area contributed by atoms with Gasteiger partial charge >= 0.3 is 0 Å². The monoisotopic (exact) mass is 230 g/mol. The minimum Gasteiger partial charge on any atom is -0.127 e. The van der Waals surface area contributed by atoms with Gasteiger partial charge in [-0.2, -0.15) is 0 Å². The Balaban J connectivity index is 2.46. The average Bonchev–Trinajstić information content (AvgIpc) is 2.20. The van der Waals surface area contributed by atoms with Crippen molar-refractivity contribution in [3.63, 3.8) is 0 Å². The Morgan fingerprint density at radius 3 is 2.00 bits per heavy atom. The van der Waals surface area contributed by atoms with Crippen molar-refractivity contribution in [2.45, 2.75) is 19.3 Å². The van der Waals surface area contributed by atoms with Crippen LogP contribution < -0.4 is 0 Å². The predicted octanol–water partition coefficient (Wildman–Crippen LogP) is 4.10. The van der Waals surface area contributed by atoms with Crippen LogP contribution in [0.15, 0.2) is 30.3 Å². The third kappa shape index (κ3) is 4.34. The Morgan fingerprint density at radius 2 is 1.50 bits per heavy atom. The van der Waals surface area contributed by atoms with Crippen LogP contribution in [0.1, 0.15) is 18.4 Å². The summed E-state index contributed by atoms with van der Waals surface area (Å²) in [5.41, 5.74) is 1.38. The van der Waals surface area contributed by atoms with Crippen molar-refractivity contribution in [2.75, 3.05) is 11.8 Å². The van der Waals surface area contributed by atoms with Gasteiger partial charge in [-0.3, -0.25) is 0 Å². The van der Waals surface area contributed by atoms with Crippen LogP contribution in [0.25, 0.3) is 0 Å². The molecule has 1 rings (SSSR count). The molecule has 0 amide bonds. The lowest BCUT2D eigenvalue weighted by molar-refractivity contribution is 0.496. The van der Waals surface area contributed by atoms with Crippen LogP contribution in [0.2, 0.25) is 0 Å². The molecular weight excluding hydrogens is 215 g/mol. The molecule has 0 bridgehead atoms. The van der Waals surface area contributed by atoms with Crippen molar-refractivity contribution < 1.29 is 0 Å². The molecule has 0 saturated heterocycles. The molecule has 0 aliphatic heterocycles. The molecule has 0 fully saturated rings. The van der Waals surface area contributed by atoms with Gasteiger partial charge < -0.3 is 0 Å². The largest absolute Gasteiger partial charge is 0.127 e. The van der Waals surface area contributed by atoms with Gasteiger partial charge in [0.15, 0.2) is 0 Å². The Bertz CT molecular complexity index is 227. The highest BCUT2D eigenvalue weighted by molar-refractivity contribution is 6.18. The van der Waals surface area contributed by atoms with E-state index in [9.17, 15) is 0 Å². The highest BCUT2D eigenvalue weighted by Crippen LogP contribution is 2.17. The molecule has 0 N–H and O–H groups in total. The summed E-state index contributed by atoms with van der Waals surface area (Å²) in [6.07, 6.45) is 3.21. The molecule has 2 heteroatoms. The fourth-order valence-corrected chi connectivity index (χ4v) is 2.22. The lowest BCUT2D eigenvalue weighted by Crippen LogP contribution is -2.06. The smallest absolute Gasteiger partial charge is 0.0226 e. The van der Waals surface area contributed by atoms with E-state index in [0.717, 1.165) is 31.0 Å². The molecule has 0 aliphatic carbocycles. The van der Waals surface area contributed by atoms with Gasteiger partial charge in [-0.15, -0.1) is 23.2 Å². The zero-order valence-electron chi connectivity index (χ0n) is 8.26. The zero-order chi connectivity index (χ0) is 10.2. The van der Waals surface area contributed by atoms with E-state index in [-0.39, 0.29) is 0 Å². The van der Waals surface area contributed by atoms with Crippen molar-refractivity contribution in [3.05, 3.63) is 35.9 Å². The number of halogens is 2. The Kier molecular flexibility index (Phi) is 6.05. The number of rotatable bonds is 6. The zero-order valence-corrected chi connectivity index (χ0v) is 9.77. The summed E-state index contributed by atoms with van der Waals surface area (Å²) in [5.74, 6) is 2.09. The fourth-order valence-electron chi connectivity index (χ4n) is 1.60. The molecule has 0 saturated carbocycles. The normalized spacial score (nSPS) is 10.8. The maximum Gasteiger partial charge on any atom is 0.0226 e. The molecule has 1 aromatic carbocycles. The molecule has 0 heterocycles. The molecule has 0 atom stereocenters. The summed E-state index contributed by atoms with van der Waals surface area (Å²) in [4.78, 5) is 0. The van der Waals surface area contributed by atoms with E-state index in [1.54, 1.807) is 0 Å². The second-order valence-electron chi connectivity index (χ2n) is 3.51. The lowest BCUT2D eigenvalue weighted by Gasteiger charge is -2.13. The van der Waals surface area contributed by atoms with Gasteiger partial charge in [-0.1, -0.05) is 30.3 Å². The van der Waals surface area contributed by atoms with E-state index in [0.29, 0.717) is 5.92 Å². The molecule has 78 valence electrons. The van der Waals surface area contributed by atoms with Crippen molar-refractivity contribution in [2.24, 2.45) is 5.92 Å². The molecule has 0 unspecified atom stereocenters. The molecule has 0 nitrogen and oxygen atoms in total. The maximum absolute atomic E-state index is 5.76. The Labute approximate surface area is 96.2 Å². The van der Waals surface area contributed by atoms with Gasteiger partial charge in [-0.05, 0) is 30.7 Å². The van der Waals surface area contributed by atoms with Crippen LogP contribution in [0.5, 0.6) is 0 Å². The summed E-state index contributed by atoms with van der Waals surface area (Å²) < 4.78 is 0. The molecule has 0 spiro atoms. The van der Waals surface area contributed by atoms with Gasteiger partial charge in [0.25, 0.3) is 0 Å². The van der Waals surface area contributed by atoms with Gasteiger partial charge in [0.05, 0.1) is 0 Å². The highest BCUT2D eigenvalue weighted by atomic mass is 35.5. The second kappa shape index (κ2) is 7.14.